The Morgan fingerprint density at radius 1 is 1.39 bits per heavy atom. The number of carbonyl (C=O) groups excluding carboxylic acids is 1. The summed E-state index contributed by atoms with van der Waals surface area (Å²) in [5.41, 5.74) is 2.00. The Morgan fingerprint density at radius 2 is 2.09 bits per heavy atom. The summed E-state index contributed by atoms with van der Waals surface area (Å²) in [7, 11) is 1.68. The summed E-state index contributed by atoms with van der Waals surface area (Å²) in [5, 5.41) is 13.7. The quantitative estimate of drug-likeness (QED) is 0.882. The predicted octanol–water partition coefficient (Wildman–Crippen LogP) is 2.26. The van der Waals surface area contributed by atoms with E-state index in [1.807, 2.05) is 20.8 Å². The molecule has 0 aliphatic heterocycles. The Balaban J connectivity index is 2.31. The van der Waals surface area contributed by atoms with E-state index in [0.29, 0.717) is 24.2 Å². The second-order valence-electron chi connectivity index (χ2n) is 5.96. The maximum atomic E-state index is 12.7. The van der Waals surface area contributed by atoms with Crippen LogP contribution in [0.15, 0.2) is 12.3 Å². The number of carbonyl (C=O) groups is 2. The molecule has 0 saturated carbocycles. The van der Waals surface area contributed by atoms with Crippen LogP contribution in [0.3, 0.4) is 0 Å². The highest BCUT2D eigenvalue weighted by Gasteiger charge is 2.19. The molecule has 0 radical (unpaired) electrons. The smallest absolute Gasteiger partial charge is 0.303 e. The minimum absolute atomic E-state index is 0.0493. The maximum absolute atomic E-state index is 12.7. The number of nitrogens with zero attached hydrogens (tertiary/aromatic N) is 4. The van der Waals surface area contributed by atoms with E-state index in [9.17, 15) is 9.59 Å². The second kappa shape index (κ2) is 6.76. The molecular formula is C16H22N4O3. The van der Waals surface area contributed by atoms with Gasteiger partial charge in [0.25, 0.3) is 5.91 Å². The normalized spacial score (nSPS) is 11.2. The fourth-order valence-electron chi connectivity index (χ4n) is 2.47. The first-order valence-corrected chi connectivity index (χ1v) is 7.63. The van der Waals surface area contributed by atoms with Crippen molar-refractivity contribution in [3.8, 4) is 0 Å². The van der Waals surface area contributed by atoms with Crippen LogP contribution in [-0.4, -0.2) is 50.2 Å². The Morgan fingerprint density at radius 3 is 2.70 bits per heavy atom. The first-order valence-electron chi connectivity index (χ1n) is 7.63. The van der Waals surface area contributed by atoms with Crippen LogP contribution in [0, 0.1) is 6.92 Å². The van der Waals surface area contributed by atoms with Gasteiger partial charge in [-0.25, -0.2) is 9.67 Å². The van der Waals surface area contributed by atoms with Crippen molar-refractivity contribution in [1.29, 1.82) is 0 Å². The largest absolute Gasteiger partial charge is 0.481 e. The Kier molecular flexibility index (Phi) is 4.98. The average molecular weight is 318 g/mol. The molecule has 0 aromatic carbocycles. The lowest BCUT2D eigenvalue weighted by atomic mass is 10.1. The number of amides is 1. The third-order valence-corrected chi connectivity index (χ3v) is 3.65. The number of hydrogen-bond donors (Lipinski definition) is 1. The number of rotatable bonds is 6. The summed E-state index contributed by atoms with van der Waals surface area (Å²) in [5.74, 6) is -1.000. The van der Waals surface area contributed by atoms with Gasteiger partial charge in [-0.3, -0.25) is 9.59 Å². The Bertz CT molecular complexity index is 736. The molecule has 2 heterocycles. The van der Waals surface area contributed by atoms with Crippen LogP contribution in [0.5, 0.6) is 0 Å². The molecule has 0 unspecified atom stereocenters. The molecule has 7 nitrogen and oxygen atoms in total. The first-order chi connectivity index (χ1) is 10.8. The first kappa shape index (κ1) is 16.9. The molecule has 0 spiro atoms. The van der Waals surface area contributed by atoms with Crippen LogP contribution in [0.2, 0.25) is 0 Å². The van der Waals surface area contributed by atoms with E-state index in [-0.39, 0.29) is 18.4 Å². The summed E-state index contributed by atoms with van der Waals surface area (Å²) in [6.45, 7) is 6.26. The van der Waals surface area contributed by atoms with Crippen molar-refractivity contribution in [2.75, 3.05) is 13.6 Å². The van der Waals surface area contributed by atoms with Crippen molar-refractivity contribution >= 4 is 22.9 Å². The molecule has 0 aliphatic rings. The molecule has 0 aliphatic carbocycles. The molecule has 1 amide bonds. The lowest BCUT2D eigenvalue weighted by Crippen LogP contribution is -2.28. The van der Waals surface area contributed by atoms with Crippen LogP contribution in [0.1, 0.15) is 48.8 Å². The zero-order valence-electron chi connectivity index (χ0n) is 13.9. The number of fused-ring (bicyclic) bond motifs is 1. The van der Waals surface area contributed by atoms with Gasteiger partial charge in [0.2, 0.25) is 0 Å². The Labute approximate surface area is 134 Å². The molecule has 0 saturated heterocycles. The summed E-state index contributed by atoms with van der Waals surface area (Å²) >= 11 is 0. The standard InChI is InChI=1S/C16H22N4O3/c1-10(2)20-15-13(9-17-20)12(8-11(3)18-15)16(23)19(4)7-5-6-14(21)22/h8-10H,5-7H2,1-4H3,(H,21,22). The summed E-state index contributed by atoms with van der Waals surface area (Å²) < 4.78 is 1.80. The van der Waals surface area contributed by atoms with Gasteiger partial charge in [-0.2, -0.15) is 5.10 Å². The van der Waals surface area contributed by atoms with Crippen molar-refractivity contribution in [2.45, 2.75) is 39.7 Å². The van der Waals surface area contributed by atoms with Crippen LogP contribution in [-0.2, 0) is 4.79 Å². The van der Waals surface area contributed by atoms with E-state index < -0.39 is 5.97 Å². The molecule has 2 aromatic heterocycles. The van der Waals surface area contributed by atoms with Crippen molar-refractivity contribution < 1.29 is 14.7 Å². The van der Waals surface area contributed by atoms with E-state index >= 15 is 0 Å². The average Bonchev–Trinajstić information content (AvgIpc) is 2.88. The zero-order valence-corrected chi connectivity index (χ0v) is 13.9. The van der Waals surface area contributed by atoms with Gasteiger partial charge in [-0.05, 0) is 33.3 Å². The second-order valence-corrected chi connectivity index (χ2v) is 5.96. The topological polar surface area (TPSA) is 88.3 Å². The van der Waals surface area contributed by atoms with E-state index in [4.69, 9.17) is 5.11 Å². The van der Waals surface area contributed by atoms with Crippen molar-refractivity contribution in [3.63, 3.8) is 0 Å². The van der Waals surface area contributed by atoms with Gasteiger partial charge < -0.3 is 10.0 Å². The third-order valence-electron chi connectivity index (χ3n) is 3.65. The summed E-state index contributed by atoms with van der Waals surface area (Å²) in [6.07, 6.45) is 2.14. The molecule has 124 valence electrons. The predicted molar refractivity (Wildman–Crippen MR) is 86.5 cm³/mol. The molecule has 1 N–H and O–H groups in total. The van der Waals surface area contributed by atoms with Gasteiger partial charge in [-0.1, -0.05) is 0 Å². The summed E-state index contributed by atoms with van der Waals surface area (Å²) in [4.78, 5) is 29.3. The lowest BCUT2D eigenvalue weighted by Gasteiger charge is -2.17. The molecule has 2 rings (SSSR count). The maximum Gasteiger partial charge on any atom is 0.303 e. The van der Waals surface area contributed by atoms with Crippen LogP contribution in [0.4, 0.5) is 0 Å². The van der Waals surface area contributed by atoms with E-state index in [2.05, 4.69) is 10.1 Å². The number of aliphatic carboxylic acids is 1. The highest BCUT2D eigenvalue weighted by atomic mass is 16.4. The van der Waals surface area contributed by atoms with E-state index in [1.165, 1.54) is 0 Å². The SMILES string of the molecule is Cc1cc(C(=O)N(C)CCCC(=O)O)c2cnn(C(C)C)c2n1. The van der Waals surface area contributed by atoms with Gasteiger partial charge in [0.05, 0.1) is 17.1 Å². The number of aromatic nitrogens is 3. The van der Waals surface area contributed by atoms with Crippen LogP contribution in [0.25, 0.3) is 11.0 Å². The van der Waals surface area contributed by atoms with Gasteiger partial charge in [0.15, 0.2) is 5.65 Å². The van der Waals surface area contributed by atoms with E-state index in [1.54, 1.807) is 28.9 Å². The number of carboxylic acids is 1. The Hall–Kier alpha value is -2.44. The lowest BCUT2D eigenvalue weighted by molar-refractivity contribution is -0.137. The van der Waals surface area contributed by atoms with Gasteiger partial charge >= 0.3 is 5.97 Å². The number of carboxylic acid groups (broad SMARTS) is 1. The summed E-state index contributed by atoms with van der Waals surface area (Å²) in [6, 6.07) is 1.91. The number of aryl methyl sites for hydroxylation is 1. The highest BCUT2D eigenvalue weighted by molar-refractivity contribution is 6.05. The molecule has 2 aromatic rings. The molecule has 23 heavy (non-hydrogen) atoms. The molecule has 7 heteroatoms. The third kappa shape index (κ3) is 3.67. The highest BCUT2D eigenvalue weighted by Crippen LogP contribution is 2.22. The van der Waals surface area contributed by atoms with Crippen molar-refractivity contribution in [3.05, 3.63) is 23.5 Å². The van der Waals surface area contributed by atoms with Crippen LogP contribution >= 0.6 is 0 Å². The minimum atomic E-state index is -0.855. The monoisotopic (exact) mass is 318 g/mol. The minimum Gasteiger partial charge on any atom is -0.481 e. The zero-order chi connectivity index (χ0) is 17.1. The van der Waals surface area contributed by atoms with Crippen LogP contribution < -0.4 is 0 Å². The molecule has 0 fully saturated rings. The molecule has 0 atom stereocenters. The number of hydrogen-bond acceptors (Lipinski definition) is 4. The molecule has 0 bridgehead atoms. The fraction of sp³-hybridized carbons (Fsp3) is 0.500. The van der Waals surface area contributed by atoms with Gasteiger partial charge in [-0.15, -0.1) is 0 Å². The number of pyridine rings is 1. The molecular weight excluding hydrogens is 296 g/mol. The van der Waals surface area contributed by atoms with Gasteiger partial charge in [0.1, 0.15) is 0 Å². The van der Waals surface area contributed by atoms with Crippen molar-refractivity contribution in [1.82, 2.24) is 19.7 Å². The van der Waals surface area contributed by atoms with E-state index in [0.717, 1.165) is 11.1 Å². The van der Waals surface area contributed by atoms with Crippen molar-refractivity contribution in [2.24, 2.45) is 0 Å². The van der Waals surface area contributed by atoms with Gasteiger partial charge in [0, 0.05) is 31.7 Å². The fourth-order valence-corrected chi connectivity index (χ4v) is 2.47.